The van der Waals surface area contributed by atoms with E-state index in [1.807, 2.05) is 0 Å². The van der Waals surface area contributed by atoms with Crippen molar-refractivity contribution in [3.05, 3.63) is 34.9 Å². The summed E-state index contributed by atoms with van der Waals surface area (Å²) in [5.41, 5.74) is -0.0250. The maximum absolute atomic E-state index is 13.6. The predicted molar refractivity (Wildman–Crippen MR) is 70.0 cm³/mol. The number of nitrogens with zero attached hydrogens (tertiary/aromatic N) is 2. The highest BCUT2D eigenvalue weighted by Crippen LogP contribution is 2.14. The van der Waals surface area contributed by atoms with Gasteiger partial charge in [0.15, 0.2) is 0 Å². The fourth-order valence-corrected chi connectivity index (χ4v) is 2.11. The van der Waals surface area contributed by atoms with Gasteiger partial charge >= 0.3 is 0 Å². The molecule has 1 fully saturated rings. The summed E-state index contributed by atoms with van der Waals surface area (Å²) in [5, 5.41) is 11.6. The first-order chi connectivity index (χ1) is 9.70. The first kappa shape index (κ1) is 14.9. The minimum absolute atomic E-state index is 0.00272. The van der Waals surface area contributed by atoms with Gasteiger partial charge < -0.3 is 10.1 Å². The van der Waals surface area contributed by atoms with Crippen LogP contribution in [-0.4, -0.2) is 44.3 Å². The van der Waals surface area contributed by atoms with Crippen molar-refractivity contribution in [2.75, 3.05) is 39.4 Å². The van der Waals surface area contributed by atoms with Crippen molar-refractivity contribution in [3.8, 4) is 6.07 Å². The zero-order valence-corrected chi connectivity index (χ0v) is 11.2. The molecule has 6 heteroatoms. The van der Waals surface area contributed by atoms with E-state index in [1.54, 1.807) is 6.07 Å². The van der Waals surface area contributed by atoms with Crippen molar-refractivity contribution in [2.24, 2.45) is 0 Å². The van der Waals surface area contributed by atoms with Crippen LogP contribution in [0.15, 0.2) is 12.1 Å². The average Bonchev–Trinajstić information content (AvgIpc) is 2.46. The summed E-state index contributed by atoms with van der Waals surface area (Å²) < 4.78 is 32.5. The molecule has 0 radical (unpaired) electrons. The highest BCUT2D eigenvalue weighted by Gasteiger charge is 2.12. The smallest absolute Gasteiger partial charge is 0.131 e. The molecule has 0 unspecified atom stereocenters. The molecule has 2 rings (SSSR count). The Morgan fingerprint density at radius 2 is 1.90 bits per heavy atom. The maximum Gasteiger partial charge on any atom is 0.131 e. The van der Waals surface area contributed by atoms with Crippen LogP contribution in [0.3, 0.4) is 0 Å². The number of ether oxygens (including phenoxy) is 1. The molecule has 1 aromatic rings. The summed E-state index contributed by atoms with van der Waals surface area (Å²) in [5.74, 6) is -1.36. The Kier molecular flexibility index (Phi) is 5.41. The molecular formula is C14H17F2N3O. The van der Waals surface area contributed by atoms with Crippen LogP contribution in [0.4, 0.5) is 8.78 Å². The lowest BCUT2D eigenvalue weighted by molar-refractivity contribution is 0.0384. The number of halogens is 2. The Morgan fingerprint density at radius 1 is 1.25 bits per heavy atom. The van der Waals surface area contributed by atoms with Crippen molar-refractivity contribution < 1.29 is 13.5 Å². The molecule has 1 aliphatic heterocycles. The van der Waals surface area contributed by atoms with E-state index >= 15 is 0 Å². The van der Waals surface area contributed by atoms with Crippen LogP contribution in [0.2, 0.25) is 0 Å². The largest absolute Gasteiger partial charge is 0.379 e. The van der Waals surface area contributed by atoms with Crippen molar-refractivity contribution in [2.45, 2.75) is 6.54 Å². The molecule has 0 bridgehead atoms. The number of rotatable bonds is 5. The van der Waals surface area contributed by atoms with Crippen LogP contribution < -0.4 is 5.32 Å². The molecule has 1 aromatic carbocycles. The highest BCUT2D eigenvalue weighted by atomic mass is 19.1. The first-order valence-electron chi connectivity index (χ1n) is 6.59. The minimum Gasteiger partial charge on any atom is -0.379 e. The minimum atomic E-state index is -0.680. The number of nitrogens with one attached hydrogen (secondary N) is 1. The van der Waals surface area contributed by atoms with E-state index in [4.69, 9.17) is 10.00 Å². The second-order valence-corrected chi connectivity index (χ2v) is 4.66. The molecule has 0 aliphatic carbocycles. The fourth-order valence-electron chi connectivity index (χ4n) is 2.11. The predicted octanol–water partition coefficient (Wildman–Crippen LogP) is 1.26. The van der Waals surface area contributed by atoms with Crippen LogP contribution in [0.25, 0.3) is 0 Å². The van der Waals surface area contributed by atoms with Gasteiger partial charge in [-0.05, 0) is 12.1 Å². The van der Waals surface area contributed by atoms with Crippen LogP contribution in [0.5, 0.6) is 0 Å². The second-order valence-electron chi connectivity index (χ2n) is 4.66. The third-order valence-corrected chi connectivity index (χ3v) is 3.28. The molecule has 1 aliphatic rings. The standard InChI is InChI=1S/C14H17F2N3O/c15-13-7-11(9-17)8-14(16)12(13)10-18-1-2-19-3-5-20-6-4-19/h7-8,18H,1-6,10H2. The third kappa shape index (κ3) is 3.97. The van der Waals surface area contributed by atoms with E-state index in [1.165, 1.54) is 0 Å². The van der Waals surface area contributed by atoms with Gasteiger partial charge in [-0.3, -0.25) is 4.90 Å². The second kappa shape index (κ2) is 7.29. The zero-order chi connectivity index (χ0) is 14.4. The molecular weight excluding hydrogens is 264 g/mol. The fraction of sp³-hybridized carbons (Fsp3) is 0.500. The molecule has 0 aromatic heterocycles. The van der Waals surface area contributed by atoms with Gasteiger partial charge in [-0.1, -0.05) is 0 Å². The van der Waals surface area contributed by atoms with Crippen molar-refractivity contribution in [1.82, 2.24) is 10.2 Å². The van der Waals surface area contributed by atoms with Crippen molar-refractivity contribution in [3.63, 3.8) is 0 Å². The van der Waals surface area contributed by atoms with Crippen LogP contribution >= 0.6 is 0 Å². The molecule has 1 N–H and O–H groups in total. The summed E-state index contributed by atoms with van der Waals surface area (Å²) in [6, 6.07) is 3.84. The number of morpholine rings is 1. The monoisotopic (exact) mass is 281 g/mol. The van der Waals surface area contributed by atoms with Gasteiger partial charge in [0, 0.05) is 38.3 Å². The molecule has 0 spiro atoms. The van der Waals surface area contributed by atoms with Crippen LogP contribution in [-0.2, 0) is 11.3 Å². The molecule has 108 valence electrons. The summed E-state index contributed by atoms with van der Waals surface area (Å²) in [6.45, 7) is 4.84. The van der Waals surface area contributed by atoms with Gasteiger partial charge in [-0.25, -0.2) is 8.78 Å². The maximum atomic E-state index is 13.6. The van der Waals surface area contributed by atoms with Crippen molar-refractivity contribution in [1.29, 1.82) is 5.26 Å². The number of benzene rings is 1. The quantitative estimate of drug-likeness (QED) is 0.825. The van der Waals surface area contributed by atoms with Crippen LogP contribution in [0, 0.1) is 23.0 Å². The number of hydrogen-bond acceptors (Lipinski definition) is 4. The number of hydrogen-bond donors (Lipinski definition) is 1. The van der Waals surface area contributed by atoms with E-state index in [0.29, 0.717) is 6.54 Å². The normalized spacial score (nSPS) is 16.1. The zero-order valence-electron chi connectivity index (χ0n) is 11.2. The lowest BCUT2D eigenvalue weighted by Crippen LogP contribution is -2.40. The van der Waals surface area contributed by atoms with Gasteiger partial charge in [-0.15, -0.1) is 0 Å². The Balaban J connectivity index is 1.80. The summed E-state index contributed by atoms with van der Waals surface area (Å²) in [4.78, 5) is 2.24. The van der Waals surface area contributed by atoms with E-state index in [2.05, 4.69) is 10.2 Å². The SMILES string of the molecule is N#Cc1cc(F)c(CNCCN2CCOCC2)c(F)c1. The van der Waals surface area contributed by atoms with E-state index < -0.39 is 11.6 Å². The molecule has 0 atom stereocenters. The molecule has 0 amide bonds. The summed E-state index contributed by atoms with van der Waals surface area (Å²) >= 11 is 0. The Labute approximate surface area is 116 Å². The van der Waals surface area contributed by atoms with Gasteiger partial charge in [0.25, 0.3) is 0 Å². The molecule has 1 heterocycles. The van der Waals surface area contributed by atoms with Gasteiger partial charge in [0.1, 0.15) is 11.6 Å². The van der Waals surface area contributed by atoms with Crippen molar-refractivity contribution >= 4 is 0 Å². The van der Waals surface area contributed by atoms with E-state index in [9.17, 15) is 8.78 Å². The van der Waals surface area contributed by atoms with Gasteiger partial charge in [-0.2, -0.15) is 5.26 Å². The van der Waals surface area contributed by atoms with E-state index in [-0.39, 0.29) is 17.7 Å². The average molecular weight is 281 g/mol. The lowest BCUT2D eigenvalue weighted by Gasteiger charge is -2.26. The van der Waals surface area contributed by atoms with Gasteiger partial charge in [0.05, 0.1) is 24.8 Å². The number of nitriles is 1. The third-order valence-electron chi connectivity index (χ3n) is 3.28. The summed E-state index contributed by atoms with van der Waals surface area (Å²) in [6.07, 6.45) is 0. The Morgan fingerprint density at radius 3 is 2.50 bits per heavy atom. The van der Waals surface area contributed by atoms with E-state index in [0.717, 1.165) is 45.0 Å². The summed E-state index contributed by atoms with van der Waals surface area (Å²) in [7, 11) is 0. The molecule has 4 nitrogen and oxygen atoms in total. The lowest BCUT2D eigenvalue weighted by atomic mass is 10.1. The molecule has 0 saturated carbocycles. The Bertz CT molecular complexity index is 473. The highest BCUT2D eigenvalue weighted by molar-refractivity contribution is 5.34. The molecule has 20 heavy (non-hydrogen) atoms. The molecule has 1 saturated heterocycles. The van der Waals surface area contributed by atoms with Gasteiger partial charge in [0.2, 0.25) is 0 Å². The topological polar surface area (TPSA) is 48.3 Å². The van der Waals surface area contributed by atoms with Crippen LogP contribution in [0.1, 0.15) is 11.1 Å². The Hall–Kier alpha value is -1.55. The first-order valence-corrected chi connectivity index (χ1v) is 6.59.